The van der Waals surface area contributed by atoms with Crippen molar-refractivity contribution in [3.05, 3.63) is 31.7 Å². The first-order chi connectivity index (χ1) is 17.0. The second-order valence-corrected chi connectivity index (χ2v) is 10.4. The number of carbonyl (C=O) groups excluding carboxylic acids is 4. The molecule has 1 aliphatic heterocycles. The van der Waals surface area contributed by atoms with Crippen molar-refractivity contribution in [1.29, 1.82) is 0 Å². The second-order valence-electron chi connectivity index (χ2n) is 10.4. The van der Waals surface area contributed by atoms with E-state index >= 15 is 0 Å². The Hall–Kier alpha value is -2.84. The van der Waals surface area contributed by atoms with Crippen molar-refractivity contribution in [3.8, 4) is 0 Å². The number of allylic oxidation sites excluding steroid dienone is 1. The zero-order valence-corrected chi connectivity index (χ0v) is 22.1. The van der Waals surface area contributed by atoms with E-state index in [1.54, 1.807) is 33.8 Å². The van der Waals surface area contributed by atoms with Gasteiger partial charge < -0.3 is 25.0 Å². The minimum atomic E-state index is -1.13. The Morgan fingerprint density at radius 2 is 1.92 bits per heavy atom. The number of hydrogen-bond acceptors (Lipinski definition) is 6. The second kappa shape index (κ2) is 12.9. The molecule has 1 aliphatic carbocycles. The van der Waals surface area contributed by atoms with Crippen molar-refractivity contribution in [2.45, 2.75) is 95.9 Å². The van der Waals surface area contributed by atoms with Crippen LogP contribution in [0, 0.1) is 12.3 Å². The highest BCUT2D eigenvalue weighted by Gasteiger charge is 2.61. The molecule has 9 nitrogen and oxygen atoms in total. The fraction of sp³-hybridized carbons (Fsp3) is 0.667. The SMILES string of the molecule is C=CCCCCC[C@H](NC(=O)OC(C)(C)C)C(=O)N1C[CH]C[C@H]1C(=O)N[C@]1(C(=O)OCC)C[C@H]1C=C. The zero-order chi connectivity index (χ0) is 26.9. The van der Waals surface area contributed by atoms with Crippen LogP contribution >= 0.6 is 0 Å². The molecule has 2 fully saturated rings. The van der Waals surface area contributed by atoms with Gasteiger partial charge >= 0.3 is 12.1 Å². The molecule has 0 unspecified atom stereocenters. The van der Waals surface area contributed by atoms with Gasteiger partial charge in [0.15, 0.2) is 0 Å². The predicted octanol–water partition coefficient (Wildman–Crippen LogP) is 3.45. The Balaban J connectivity index is 2.12. The first kappa shape index (κ1) is 29.4. The number of nitrogens with one attached hydrogen (secondary N) is 2. The Labute approximate surface area is 215 Å². The molecule has 0 aromatic carbocycles. The number of esters is 1. The Bertz CT molecular complexity index is 836. The lowest BCUT2D eigenvalue weighted by Gasteiger charge is -2.30. The van der Waals surface area contributed by atoms with Gasteiger partial charge in [0, 0.05) is 12.5 Å². The average molecular weight is 505 g/mol. The summed E-state index contributed by atoms with van der Waals surface area (Å²) in [6.45, 7) is 14.9. The molecule has 2 aliphatic rings. The Kier molecular flexibility index (Phi) is 10.5. The average Bonchev–Trinajstić information content (AvgIpc) is 3.29. The third-order valence-corrected chi connectivity index (χ3v) is 6.35. The summed E-state index contributed by atoms with van der Waals surface area (Å²) in [4.78, 5) is 53.3. The topological polar surface area (TPSA) is 114 Å². The minimum absolute atomic E-state index is 0.201. The van der Waals surface area contributed by atoms with Crippen molar-refractivity contribution < 1.29 is 28.7 Å². The van der Waals surface area contributed by atoms with Gasteiger partial charge in [0.25, 0.3) is 0 Å². The van der Waals surface area contributed by atoms with E-state index in [9.17, 15) is 19.2 Å². The summed E-state index contributed by atoms with van der Waals surface area (Å²) in [6.07, 6.45) is 9.29. The lowest BCUT2D eigenvalue weighted by atomic mass is 10.0. The number of nitrogens with zero attached hydrogens (tertiary/aromatic N) is 1. The Morgan fingerprint density at radius 3 is 2.50 bits per heavy atom. The van der Waals surface area contributed by atoms with E-state index in [-0.39, 0.29) is 25.0 Å². The van der Waals surface area contributed by atoms with Gasteiger partial charge in [-0.15, -0.1) is 13.2 Å². The summed E-state index contributed by atoms with van der Waals surface area (Å²) in [5, 5.41) is 5.54. The molecule has 1 saturated heterocycles. The number of alkyl carbamates (subject to hydrolysis) is 1. The van der Waals surface area contributed by atoms with E-state index in [1.807, 2.05) is 12.5 Å². The van der Waals surface area contributed by atoms with E-state index in [0.717, 1.165) is 25.7 Å². The van der Waals surface area contributed by atoms with Crippen LogP contribution in [0.2, 0.25) is 0 Å². The number of rotatable bonds is 13. The molecule has 9 heteroatoms. The van der Waals surface area contributed by atoms with Crippen LogP contribution in [0.3, 0.4) is 0 Å². The summed E-state index contributed by atoms with van der Waals surface area (Å²) in [7, 11) is 0. The van der Waals surface area contributed by atoms with E-state index in [0.29, 0.717) is 19.3 Å². The van der Waals surface area contributed by atoms with Crippen LogP contribution in [0.4, 0.5) is 4.79 Å². The molecular formula is C27H42N3O6. The molecule has 1 radical (unpaired) electrons. The third-order valence-electron chi connectivity index (χ3n) is 6.35. The highest BCUT2D eigenvalue weighted by atomic mass is 16.6. The number of unbranched alkanes of at least 4 members (excludes halogenated alkanes) is 3. The largest absolute Gasteiger partial charge is 0.464 e. The minimum Gasteiger partial charge on any atom is -0.464 e. The molecule has 1 heterocycles. The monoisotopic (exact) mass is 504 g/mol. The molecule has 0 spiro atoms. The van der Waals surface area contributed by atoms with Crippen molar-refractivity contribution in [1.82, 2.24) is 15.5 Å². The van der Waals surface area contributed by atoms with Crippen LogP contribution in [-0.4, -0.2) is 65.2 Å². The van der Waals surface area contributed by atoms with Gasteiger partial charge in [-0.05, 0) is 66.2 Å². The summed E-state index contributed by atoms with van der Waals surface area (Å²) in [6, 6.07) is -1.61. The fourth-order valence-electron chi connectivity index (χ4n) is 4.40. The maximum atomic E-state index is 13.6. The van der Waals surface area contributed by atoms with Gasteiger partial charge in [-0.1, -0.05) is 25.0 Å². The van der Waals surface area contributed by atoms with E-state index < -0.39 is 41.2 Å². The van der Waals surface area contributed by atoms with Crippen molar-refractivity contribution in [3.63, 3.8) is 0 Å². The van der Waals surface area contributed by atoms with Gasteiger partial charge in [0.1, 0.15) is 23.2 Å². The number of carbonyl (C=O) groups is 4. The molecule has 1 saturated carbocycles. The molecule has 4 atom stereocenters. The first-order valence-electron chi connectivity index (χ1n) is 12.8. The van der Waals surface area contributed by atoms with Crippen LogP contribution in [0.5, 0.6) is 0 Å². The maximum Gasteiger partial charge on any atom is 0.408 e. The van der Waals surface area contributed by atoms with Gasteiger partial charge in [0.2, 0.25) is 11.8 Å². The first-order valence-corrected chi connectivity index (χ1v) is 12.8. The maximum absolute atomic E-state index is 13.6. The molecule has 0 aromatic rings. The van der Waals surface area contributed by atoms with Crippen LogP contribution < -0.4 is 10.6 Å². The molecule has 2 rings (SSSR count). The van der Waals surface area contributed by atoms with E-state index in [2.05, 4.69) is 23.8 Å². The molecule has 36 heavy (non-hydrogen) atoms. The lowest BCUT2D eigenvalue weighted by molar-refractivity contribution is -0.150. The molecule has 3 amide bonds. The highest BCUT2D eigenvalue weighted by molar-refractivity contribution is 5.96. The van der Waals surface area contributed by atoms with Crippen LogP contribution in [0.25, 0.3) is 0 Å². The standard InChI is InChI=1S/C27H42N3O6/c1-7-10-11-12-13-15-20(28-25(34)36-26(4,5)6)23(32)30-17-14-16-21(30)22(31)29-27(18-19(27)8-2)24(33)35-9-3/h7-8,14,19-21H,1-2,9-13,15-18H2,3-6H3,(H,28,34)(H,29,31)/t19-,20+,21+,27-/m1/s1. The third kappa shape index (κ3) is 7.83. The summed E-state index contributed by atoms with van der Waals surface area (Å²) >= 11 is 0. The summed E-state index contributed by atoms with van der Waals surface area (Å²) in [5.41, 5.74) is -1.84. The number of hydrogen-bond donors (Lipinski definition) is 2. The summed E-state index contributed by atoms with van der Waals surface area (Å²) in [5.74, 6) is -1.48. The number of amides is 3. The van der Waals surface area contributed by atoms with Crippen molar-refractivity contribution >= 4 is 23.9 Å². The highest BCUT2D eigenvalue weighted by Crippen LogP contribution is 2.45. The van der Waals surface area contributed by atoms with Crippen molar-refractivity contribution in [2.24, 2.45) is 5.92 Å². The van der Waals surface area contributed by atoms with Gasteiger partial charge in [0.05, 0.1) is 6.61 Å². The summed E-state index contributed by atoms with van der Waals surface area (Å²) < 4.78 is 10.5. The number of ether oxygens (including phenoxy) is 2. The fourth-order valence-corrected chi connectivity index (χ4v) is 4.40. The Morgan fingerprint density at radius 1 is 1.19 bits per heavy atom. The smallest absolute Gasteiger partial charge is 0.408 e. The van der Waals surface area contributed by atoms with Crippen LogP contribution in [-0.2, 0) is 23.9 Å². The van der Waals surface area contributed by atoms with Crippen LogP contribution in [0.1, 0.15) is 72.6 Å². The molecule has 0 bridgehead atoms. The predicted molar refractivity (Wildman–Crippen MR) is 137 cm³/mol. The molecule has 2 N–H and O–H groups in total. The van der Waals surface area contributed by atoms with Gasteiger partial charge in [-0.25, -0.2) is 9.59 Å². The van der Waals surface area contributed by atoms with E-state index in [4.69, 9.17) is 9.47 Å². The molecular weight excluding hydrogens is 462 g/mol. The van der Waals surface area contributed by atoms with Gasteiger partial charge in [-0.2, -0.15) is 0 Å². The van der Waals surface area contributed by atoms with Crippen molar-refractivity contribution in [2.75, 3.05) is 13.2 Å². The quantitative estimate of drug-likeness (QED) is 0.226. The lowest BCUT2D eigenvalue weighted by Crippen LogP contribution is -2.56. The normalized spacial score (nSPS) is 23.8. The zero-order valence-electron chi connectivity index (χ0n) is 22.1. The molecule has 201 valence electrons. The molecule has 0 aromatic heterocycles. The van der Waals surface area contributed by atoms with E-state index in [1.165, 1.54) is 4.90 Å². The van der Waals surface area contributed by atoms with Crippen LogP contribution in [0.15, 0.2) is 25.3 Å². The van der Waals surface area contributed by atoms with Gasteiger partial charge in [-0.3, -0.25) is 9.59 Å². The number of likely N-dealkylation sites (tertiary alicyclic amines) is 1.